The second-order valence-corrected chi connectivity index (χ2v) is 8.04. The Morgan fingerprint density at radius 2 is 1.58 bits per heavy atom. The maximum atomic E-state index is 12.4. The van der Waals surface area contributed by atoms with Gasteiger partial charge >= 0.3 is 0 Å². The van der Waals surface area contributed by atoms with Crippen LogP contribution in [0.25, 0.3) is 10.1 Å². The summed E-state index contributed by atoms with van der Waals surface area (Å²) in [5.74, 6) is -0.0757. The van der Waals surface area contributed by atoms with Crippen LogP contribution in [0.3, 0.4) is 0 Å². The molecule has 128 valence electrons. The van der Waals surface area contributed by atoms with E-state index in [1.54, 1.807) is 0 Å². The molecule has 26 heavy (non-hydrogen) atoms. The summed E-state index contributed by atoms with van der Waals surface area (Å²) in [5, 5.41) is 4.02. The molecule has 0 aliphatic rings. The number of carbonyl (C=O) groups excluding carboxylic acids is 2. The number of benzene rings is 2. The van der Waals surface area contributed by atoms with Crippen LogP contribution in [0.5, 0.6) is 0 Å². The van der Waals surface area contributed by atoms with E-state index >= 15 is 0 Å². The quantitative estimate of drug-likeness (QED) is 0.491. The van der Waals surface area contributed by atoms with E-state index in [-0.39, 0.29) is 11.7 Å². The molecule has 3 nitrogen and oxygen atoms in total. The van der Waals surface area contributed by atoms with Crippen LogP contribution in [-0.4, -0.2) is 11.7 Å². The summed E-state index contributed by atoms with van der Waals surface area (Å²) in [4.78, 5) is 27.2. The summed E-state index contributed by atoms with van der Waals surface area (Å²) in [6, 6.07) is 22.8. The molecule has 0 fully saturated rings. The zero-order valence-electron chi connectivity index (χ0n) is 13.8. The minimum absolute atomic E-state index is 0.0117. The van der Waals surface area contributed by atoms with Gasteiger partial charge in [-0.3, -0.25) is 9.59 Å². The van der Waals surface area contributed by atoms with Gasteiger partial charge in [-0.1, -0.05) is 48.5 Å². The van der Waals surface area contributed by atoms with Crippen LogP contribution in [0.15, 0.2) is 72.8 Å². The van der Waals surface area contributed by atoms with E-state index in [0.29, 0.717) is 21.9 Å². The molecule has 0 saturated carbocycles. The van der Waals surface area contributed by atoms with E-state index in [4.69, 9.17) is 0 Å². The van der Waals surface area contributed by atoms with Crippen LogP contribution in [0.1, 0.15) is 29.8 Å². The Hall–Kier alpha value is -2.76. The average molecular weight is 377 g/mol. The van der Waals surface area contributed by atoms with Crippen molar-refractivity contribution in [2.75, 3.05) is 0 Å². The molecular formula is C21H15NO2S2. The number of hydrogen-bond donors (Lipinski definition) is 1. The van der Waals surface area contributed by atoms with Gasteiger partial charge in [0.1, 0.15) is 0 Å². The van der Waals surface area contributed by atoms with Gasteiger partial charge in [-0.2, -0.15) is 0 Å². The van der Waals surface area contributed by atoms with Gasteiger partial charge in [-0.15, -0.1) is 22.7 Å². The predicted octanol–water partition coefficient (Wildman–Crippen LogP) is 5.12. The van der Waals surface area contributed by atoms with Crippen molar-refractivity contribution < 1.29 is 9.59 Å². The third-order valence-corrected chi connectivity index (χ3v) is 6.19. The fourth-order valence-electron chi connectivity index (χ4n) is 2.68. The molecule has 0 aliphatic heterocycles. The Bertz CT molecular complexity index is 1050. The standard InChI is InChI=1S/C21H15NO2S2/c23-20(14-6-2-1-3-7-14)18-11-10-16(25-18)13-22-21(24)19-12-15-8-4-5-9-17(15)26-19/h1-12H,13H2,(H,22,24). The predicted molar refractivity (Wildman–Crippen MR) is 107 cm³/mol. The van der Waals surface area contributed by atoms with Crippen molar-refractivity contribution in [3.63, 3.8) is 0 Å². The van der Waals surface area contributed by atoms with Crippen molar-refractivity contribution in [3.8, 4) is 0 Å². The number of thiophene rings is 2. The maximum Gasteiger partial charge on any atom is 0.261 e. The fourth-order valence-corrected chi connectivity index (χ4v) is 4.56. The van der Waals surface area contributed by atoms with E-state index in [1.165, 1.54) is 22.7 Å². The molecule has 2 aromatic heterocycles. The molecule has 5 heteroatoms. The van der Waals surface area contributed by atoms with Gasteiger partial charge in [0.15, 0.2) is 0 Å². The van der Waals surface area contributed by atoms with E-state index in [0.717, 1.165) is 15.0 Å². The molecule has 0 bridgehead atoms. The third kappa shape index (κ3) is 3.45. The average Bonchev–Trinajstić information content (AvgIpc) is 3.33. The molecule has 0 spiro atoms. The van der Waals surface area contributed by atoms with Crippen molar-refractivity contribution in [2.45, 2.75) is 6.54 Å². The lowest BCUT2D eigenvalue weighted by Crippen LogP contribution is -2.21. The largest absolute Gasteiger partial charge is 0.346 e. The Morgan fingerprint density at radius 1 is 0.808 bits per heavy atom. The summed E-state index contributed by atoms with van der Waals surface area (Å²) in [6.45, 7) is 0.416. The second kappa shape index (κ2) is 7.23. The number of fused-ring (bicyclic) bond motifs is 1. The van der Waals surface area contributed by atoms with Crippen molar-refractivity contribution >= 4 is 44.5 Å². The highest BCUT2D eigenvalue weighted by Crippen LogP contribution is 2.25. The van der Waals surface area contributed by atoms with E-state index in [9.17, 15) is 9.59 Å². The molecule has 1 N–H and O–H groups in total. The van der Waals surface area contributed by atoms with Crippen molar-refractivity contribution in [1.29, 1.82) is 0 Å². The SMILES string of the molecule is O=C(NCc1ccc(C(=O)c2ccccc2)s1)c1cc2ccccc2s1. The van der Waals surface area contributed by atoms with Crippen molar-refractivity contribution in [3.05, 3.63) is 93.0 Å². The van der Waals surface area contributed by atoms with Crippen LogP contribution in [-0.2, 0) is 6.54 Å². The van der Waals surface area contributed by atoms with Crippen LogP contribution in [0.2, 0.25) is 0 Å². The molecule has 0 aliphatic carbocycles. The Morgan fingerprint density at radius 3 is 2.38 bits per heavy atom. The minimum Gasteiger partial charge on any atom is -0.346 e. The van der Waals surface area contributed by atoms with Crippen molar-refractivity contribution in [2.24, 2.45) is 0 Å². The Kier molecular flexibility index (Phi) is 4.65. The highest BCUT2D eigenvalue weighted by atomic mass is 32.1. The lowest BCUT2D eigenvalue weighted by Gasteiger charge is -2.01. The lowest BCUT2D eigenvalue weighted by molar-refractivity contribution is 0.0954. The number of rotatable bonds is 5. The topological polar surface area (TPSA) is 46.2 Å². The maximum absolute atomic E-state index is 12.4. The van der Waals surface area contributed by atoms with Gasteiger partial charge in [0, 0.05) is 15.1 Å². The molecule has 2 heterocycles. The minimum atomic E-state index is -0.0875. The number of amides is 1. The van der Waals surface area contributed by atoms with Gasteiger partial charge < -0.3 is 5.32 Å². The molecule has 4 rings (SSSR count). The molecule has 4 aromatic rings. The summed E-state index contributed by atoms with van der Waals surface area (Å²) in [6.07, 6.45) is 0. The van der Waals surface area contributed by atoms with Crippen LogP contribution in [0, 0.1) is 0 Å². The normalized spacial score (nSPS) is 10.8. The van der Waals surface area contributed by atoms with E-state index in [2.05, 4.69) is 5.32 Å². The second-order valence-electron chi connectivity index (χ2n) is 5.79. The summed E-state index contributed by atoms with van der Waals surface area (Å²) >= 11 is 2.90. The molecule has 0 radical (unpaired) electrons. The monoisotopic (exact) mass is 377 g/mol. The highest BCUT2D eigenvalue weighted by Gasteiger charge is 2.13. The summed E-state index contributed by atoms with van der Waals surface area (Å²) < 4.78 is 1.10. The van der Waals surface area contributed by atoms with Gasteiger partial charge in [0.2, 0.25) is 5.78 Å². The zero-order valence-corrected chi connectivity index (χ0v) is 15.4. The molecule has 0 unspecified atom stereocenters. The first-order valence-electron chi connectivity index (χ1n) is 8.16. The highest BCUT2D eigenvalue weighted by molar-refractivity contribution is 7.20. The first-order valence-corrected chi connectivity index (χ1v) is 9.79. The van der Waals surface area contributed by atoms with Gasteiger partial charge in [0.05, 0.1) is 16.3 Å². The molecular weight excluding hydrogens is 362 g/mol. The van der Waals surface area contributed by atoms with Gasteiger partial charge in [-0.25, -0.2) is 0 Å². The van der Waals surface area contributed by atoms with E-state index < -0.39 is 0 Å². The summed E-state index contributed by atoms with van der Waals surface area (Å²) in [7, 11) is 0. The first-order chi connectivity index (χ1) is 12.7. The fraction of sp³-hybridized carbons (Fsp3) is 0.0476. The Balaban J connectivity index is 1.43. The number of ketones is 1. The van der Waals surface area contributed by atoms with Crippen molar-refractivity contribution in [1.82, 2.24) is 5.32 Å². The molecule has 1 amide bonds. The summed E-state index contributed by atoms with van der Waals surface area (Å²) in [5.41, 5.74) is 0.676. The zero-order chi connectivity index (χ0) is 17.9. The van der Waals surface area contributed by atoms with Crippen LogP contribution >= 0.6 is 22.7 Å². The third-order valence-electron chi connectivity index (χ3n) is 3.99. The van der Waals surface area contributed by atoms with Gasteiger partial charge in [-0.05, 0) is 29.7 Å². The smallest absolute Gasteiger partial charge is 0.261 e. The van der Waals surface area contributed by atoms with Gasteiger partial charge in [0.25, 0.3) is 5.91 Å². The molecule has 0 atom stereocenters. The van der Waals surface area contributed by atoms with Crippen LogP contribution in [0.4, 0.5) is 0 Å². The molecule has 2 aromatic carbocycles. The Labute approximate surface area is 158 Å². The van der Waals surface area contributed by atoms with Crippen LogP contribution < -0.4 is 5.32 Å². The number of carbonyl (C=O) groups is 2. The first kappa shape index (κ1) is 16.7. The van der Waals surface area contributed by atoms with E-state index in [1.807, 2.05) is 72.8 Å². The number of nitrogens with one attached hydrogen (secondary N) is 1. The molecule has 0 saturated heterocycles. The number of hydrogen-bond acceptors (Lipinski definition) is 4. The lowest BCUT2D eigenvalue weighted by atomic mass is 10.1.